The molecule has 0 amide bonds. The van der Waals surface area contributed by atoms with E-state index in [9.17, 15) is 13.2 Å². The minimum absolute atomic E-state index is 0.0119. The zero-order valence-corrected chi connectivity index (χ0v) is 11.5. The average Bonchev–Trinajstić information content (AvgIpc) is 2.60. The van der Waals surface area contributed by atoms with Gasteiger partial charge in [-0.1, -0.05) is 0 Å². The van der Waals surface area contributed by atoms with Crippen LogP contribution in [0.2, 0.25) is 0 Å². The van der Waals surface area contributed by atoms with Gasteiger partial charge in [-0.2, -0.15) is 0 Å². The lowest BCUT2D eigenvalue weighted by molar-refractivity contribution is 0.0533. The molecule has 0 saturated heterocycles. The summed E-state index contributed by atoms with van der Waals surface area (Å²) in [6.07, 6.45) is 0. The molecule has 0 unspecified atom stereocenters. The maximum absolute atomic E-state index is 11.9. The number of carbonyl (C=O) groups excluding carboxylic acids is 1. The van der Waals surface area contributed by atoms with Crippen LogP contribution in [0.25, 0.3) is 0 Å². The summed E-state index contributed by atoms with van der Waals surface area (Å²) in [5.74, 6) is -0.583. The maximum atomic E-state index is 11.9. The molecule has 0 fully saturated rings. The molecule has 0 bridgehead atoms. The van der Waals surface area contributed by atoms with Crippen molar-refractivity contribution < 1.29 is 17.9 Å². The summed E-state index contributed by atoms with van der Waals surface area (Å²) in [4.78, 5) is 11.6. The van der Waals surface area contributed by atoms with Crippen molar-refractivity contribution in [3.05, 3.63) is 10.3 Å². The number of esters is 1. The number of anilines is 1. The zero-order chi connectivity index (χ0) is 13.2. The SMILES string of the molecule is CCOC(=O)c1scc(S(=O)(=O)C(C)C)c1N. The van der Waals surface area contributed by atoms with Crippen LogP contribution in [0.5, 0.6) is 0 Å². The average molecular weight is 277 g/mol. The van der Waals surface area contributed by atoms with Gasteiger partial charge in [0.1, 0.15) is 9.77 Å². The minimum atomic E-state index is -3.46. The molecule has 0 aliphatic heterocycles. The molecule has 17 heavy (non-hydrogen) atoms. The lowest BCUT2D eigenvalue weighted by atomic mass is 10.4. The van der Waals surface area contributed by atoms with Gasteiger partial charge in [0.25, 0.3) is 0 Å². The third kappa shape index (κ3) is 2.61. The Balaban J connectivity index is 3.21. The fourth-order valence-corrected chi connectivity index (χ4v) is 3.59. The normalized spacial score (nSPS) is 11.8. The van der Waals surface area contributed by atoms with Gasteiger partial charge in [-0.05, 0) is 20.8 Å². The molecule has 0 aromatic carbocycles. The van der Waals surface area contributed by atoms with Gasteiger partial charge < -0.3 is 10.5 Å². The van der Waals surface area contributed by atoms with Crippen LogP contribution in [0.15, 0.2) is 10.3 Å². The highest BCUT2D eigenvalue weighted by molar-refractivity contribution is 7.92. The van der Waals surface area contributed by atoms with Crippen molar-refractivity contribution in [1.29, 1.82) is 0 Å². The van der Waals surface area contributed by atoms with Gasteiger partial charge in [0, 0.05) is 5.38 Å². The summed E-state index contributed by atoms with van der Waals surface area (Å²) >= 11 is 0.990. The number of nitrogen functional groups attached to an aromatic ring is 1. The van der Waals surface area contributed by atoms with E-state index in [-0.39, 0.29) is 22.1 Å². The first-order valence-corrected chi connectivity index (χ1v) is 7.53. The van der Waals surface area contributed by atoms with Gasteiger partial charge >= 0.3 is 5.97 Å². The van der Waals surface area contributed by atoms with Crippen LogP contribution in [0.1, 0.15) is 30.4 Å². The molecule has 7 heteroatoms. The summed E-state index contributed by atoms with van der Waals surface area (Å²) in [7, 11) is -3.46. The smallest absolute Gasteiger partial charge is 0.350 e. The molecule has 0 aliphatic carbocycles. The van der Waals surface area contributed by atoms with E-state index in [1.807, 2.05) is 0 Å². The number of hydrogen-bond donors (Lipinski definition) is 1. The molecule has 1 heterocycles. The van der Waals surface area contributed by atoms with E-state index in [2.05, 4.69) is 0 Å². The van der Waals surface area contributed by atoms with Crippen LogP contribution in [-0.4, -0.2) is 26.2 Å². The first kappa shape index (κ1) is 14.0. The first-order chi connectivity index (χ1) is 7.82. The highest BCUT2D eigenvalue weighted by Crippen LogP contribution is 2.32. The van der Waals surface area contributed by atoms with Crippen molar-refractivity contribution in [2.24, 2.45) is 0 Å². The number of thiophene rings is 1. The van der Waals surface area contributed by atoms with E-state index in [0.29, 0.717) is 0 Å². The Morgan fingerprint density at radius 3 is 2.59 bits per heavy atom. The number of ether oxygens (including phenoxy) is 1. The first-order valence-electron chi connectivity index (χ1n) is 5.10. The largest absolute Gasteiger partial charge is 0.462 e. The molecule has 5 nitrogen and oxygen atoms in total. The fraction of sp³-hybridized carbons (Fsp3) is 0.500. The highest BCUT2D eigenvalue weighted by Gasteiger charge is 2.27. The van der Waals surface area contributed by atoms with E-state index >= 15 is 0 Å². The van der Waals surface area contributed by atoms with Crippen LogP contribution in [0.3, 0.4) is 0 Å². The second-order valence-corrected chi connectivity index (χ2v) is 7.01. The monoisotopic (exact) mass is 277 g/mol. The van der Waals surface area contributed by atoms with E-state index in [0.717, 1.165) is 11.3 Å². The van der Waals surface area contributed by atoms with Gasteiger partial charge in [0.05, 0.1) is 17.5 Å². The van der Waals surface area contributed by atoms with Crippen LogP contribution in [-0.2, 0) is 14.6 Å². The fourth-order valence-electron chi connectivity index (χ4n) is 1.18. The van der Waals surface area contributed by atoms with Crippen molar-refractivity contribution in [3.63, 3.8) is 0 Å². The van der Waals surface area contributed by atoms with Crippen molar-refractivity contribution in [2.45, 2.75) is 30.9 Å². The lowest BCUT2D eigenvalue weighted by Crippen LogP contribution is -2.15. The molecule has 0 saturated carbocycles. The number of sulfone groups is 1. The third-order valence-corrected chi connectivity index (χ3v) is 5.50. The summed E-state index contributed by atoms with van der Waals surface area (Å²) in [5.41, 5.74) is 5.68. The van der Waals surface area contributed by atoms with Crippen LogP contribution < -0.4 is 5.73 Å². The number of carbonyl (C=O) groups is 1. The third-order valence-electron chi connectivity index (χ3n) is 2.18. The Morgan fingerprint density at radius 1 is 1.53 bits per heavy atom. The van der Waals surface area contributed by atoms with Crippen molar-refractivity contribution in [3.8, 4) is 0 Å². The second-order valence-electron chi connectivity index (χ2n) is 3.66. The molecule has 96 valence electrons. The predicted octanol–water partition coefficient (Wildman–Crippen LogP) is 1.69. The highest BCUT2D eigenvalue weighted by atomic mass is 32.2. The number of hydrogen-bond acceptors (Lipinski definition) is 6. The Labute approximate surface area is 105 Å². The standard InChI is InChI=1S/C10H15NO4S2/c1-4-15-10(12)9-8(11)7(5-16-9)17(13,14)6(2)3/h5-6H,4,11H2,1-3H3. The van der Waals surface area contributed by atoms with Gasteiger partial charge in [-0.25, -0.2) is 13.2 Å². The predicted molar refractivity (Wildman–Crippen MR) is 67.0 cm³/mol. The Morgan fingerprint density at radius 2 is 2.12 bits per heavy atom. The summed E-state index contributed by atoms with van der Waals surface area (Å²) in [6, 6.07) is 0. The molecule has 2 N–H and O–H groups in total. The van der Waals surface area contributed by atoms with Crippen molar-refractivity contribution in [2.75, 3.05) is 12.3 Å². The Kier molecular flexibility index (Phi) is 4.16. The Hall–Kier alpha value is -1.08. The summed E-state index contributed by atoms with van der Waals surface area (Å²) < 4.78 is 28.6. The molecule has 1 aromatic rings. The maximum Gasteiger partial charge on any atom is 0.350 e. The summed E-state index contributed by atoms with van der Waals surface area (Å²) in [6.45, 7) is 5.03. The summed E-state index contributed by atoms with van der Waals surface area (Å²) in [5, 5.41) is 0.811. The van der Waals surface area contributed by atoms with Crippen molar-refractivity contribution in [1.82, 2.24) is 0 Å². The van der Waals surface area contributed by atoms with Crippen LogP contribution >= 0.6 is 11.3 Å². The topological polar surface area (TPSA) is 86.5 Å². The van der Waals surface area contributed by atoms with Gasteiger partial charge in [0.15, 0.2) is 9.84 Å². The molecule has 1 aromatic heterocycles. The quantitative estimate of drug-likeness (QED) is 0.846. The molecular weight excluding hydrogens is 262 g/mol. The molecular formula is C10H15NO4S2. The second kappa shape index (κ2) is 5.05. The molecule has 0 aliphatic rings. The molecule has 0 atom stereocenters. The lowest BCUT2D eigenvalue weighted by Gasteiger charge is -2.07. The van der Waals surface area contributed by atoms with E-state index in [1.54, 1.807) is 20.8 Å². The van der Waals surface area contributed by atoms with Gasteiger partial charge in [-0.15, -0.1) is 11.3 Å². The van der Waals surface area contributed by atoms with Crippen molar-refractivity contribution >= 4 is 32.8 Å². The van der Waals surface area contributed by atoms with E-state index in [1.165, 1.54) is 5.38 Å². The Bertz CT molecular complexity index is 516. The zero-order valence-electron chi connectivity index (χ0n) is 9.89. The van der Waals surface area contributed by atoms with Crippen LogP contribution in [0, 0.1) is 0 Å². The van der Waals surface area contributed by atoms with E-state index < -0.39 is 21.1 Å². The minimum Gasteiger partial charge on any atom is -0.462 e. The van der Waals surface area contributed by atoms with E-state index in [4.69, 9.17) is 10.5 Å². The molecule has 0 radical (unpaired) electrons. The van der Waals surface area contributed by atoms with Gasteiger partial charge in [0.2, 0.25) is 0 Å². The van der Waals surface area contributed by atoms with Crippen LogP contribution in [0.4, 0.5) is 5.69 Å². The molecule has 1 rings (SSSR count). The van der Waals surface area contributed by atoms with Gasteiger partial charge in [-0.3, -0.25) is 0 Å². The number of nitrogens with two attached hydrogens (primary N) is 1. The number of rotatable bonds is 4. The molecule has 0 spiro atoms.